The Kier molecular flexibility index (Phi) is 7.72. The van der Waals surface area contributed by atoms with Gasteiger partial charge in [-0.15, -0.1) is 0 Å². The van der Waals surface area contributed by atoms with Crippen molar-refractivity contribution in [3.05, 3.63) is 60.8 Å². The van der Waals surface area contributed by atoms with Crippen molar-refractivity contribution in [2.75, 3.05) is 65.1 Å². The number of Topliss-reactive ketones (excluding diaryl/α,β-unsaturated/α-hetero) is 1. The van der Waals surface area contributed by atoms with Gasteiger partial charge in [0.25, 0.3) is 0 Å². The molecule has 0 unspecified atom stereocenters. The largest absolute Gasteiger partial charge is 0.457 e. The summed E-state index contributed by atoms with van der Waals surface area (Å²) in [5.74, 6) is 2.75. The van der Waals surface area contributed by atoms with Crippen LogP contribution in [0.25, 0.3) is 22.4 Å². The maximum atomic E-state index is 12.9. The Morgan fingerprint density at radius 2 is 1.65 bits per heavy atom. The van der Waals surface area contributed by atoms with Crippen LogP contribution in [0.4, 0.5) is 5.82 Å². The first kappa shape index (κ1) is 26.4. The minimum absolute atomic E-state index is 0.117. The molecular weight excluding hydrogens is 504 g/mol. The fourth-order valence-electron chi connectivity index (χ4n) is 5.57. The molecule has 0 bridgehead atoms. The molecule has 40 heavy (non-hydrogen) atoms. The SMILES string of the molecule is CN1CCN(CC(=O)CN2CCC[C@@H](n3ncc4c(N)nc(-c5ccc(Oc6ccccc6)cc5)nc43)C2)CC1. The molecule has 1 atom stereocenters. The number of nitrogen functional groups attached to an aromatic ring is 1. The Morgan fingerprint density at radius 3 is 2.42 bits per heavy atom. The smallest absolute Gasteiger partial charge is 0.164 e. The minimum Gasteiger partial charge on any atom is -0.457 e. The summed E-state index contributed by atoms with van der Waals surface area (Å²) in [6, 6.07) is 17.5. The summed E-state index contributed by atoms with van der Waals surface area (Å²) in [5, 5.41) is 5.43. The van der Waals surface area contributed by atoms with Gasteiger partial charge >= 0.3 is 0 Å². The number of benzene rings is 2. The van der Waals surface area contributed by atoms with Gasteiger partial charge in [0.05, 0.1) is 30.7 Å². The zero-order valence-corrected chi connectivity index (χ0v) is 22.9. The van der Waals surface area contributed by atoms with Crippen LogP contribution < -0.4 is 10.5 Å². The summed E-state index contributed by atoms with van der Waals surface area (Å²) in [7, 11) is 2.13. The molecule has 10 nitrogen and oxygen atoms in total. The first-order valence-electron chi connectivity index (χ1n) is 14.0. The number of likely N-dealkylation sites (tertiary alicyclic amines) is 1. The number of nitrogens with zero attached hydrogens (tertiary/aromatic N) is 7. The second-order valence-electron chi connectivity index (χ2n) is 10.8. The lowest BCUT2D eigenvalue weighted by atomic mass is 10.1. The molecule has 0 amide bonds. The van der Waals surface area contributed by atoms with Crippen molar-refractivity contribution in [2.24, 2.45) is 0 Å². The summed E-state index contributed by atoms with van der Waals surface area (Å²) >= 11 is 0. The van der Waals surface area contributed by atoms with Crippen LogP contribution in [-0.2, 0) is 4.79 Å². The Balaban J connectivity index is 1.15. The van der Waals surface area contributed by atoms with Gasteiger partial charge in [-0.1, -0.05) is 18.2 Å². The molecule has 0 spiro atoms. The van der Waals surface area contributed by atoms with E-state index < -0.39 is 0 Å². The maximum absolute atomic E-state index is 12.9. The van der Waals surface area contributed by atoms with E-state index >= 15 is 0 Å². The number of anilines is 1. The number of rotatable bonds is 8. The van der Waals surface area contributed by atoms with Gasteiger partial charge in [0.15, 0.2) is 17.3 Å². The molecule has 2 aliphatic rings. The summed E-state index contributed by atoms with van der Waals surface area (Å²) in [5.41, 5.74) is 7.94. The number of para-hydroxylation sites is 1. The second kappa shape index (κ2) is 11.7. The van der Waals surface area contributed by atoms with Crippen LogP contribution in [0.2, 0.25) is 0 Å². The van der Waals surface area contributed by atoms with E-state index in [0.717, 1.165) is 80.2 Å². The van der Waals surface area contributed by atoms with Crippen molar-refractivity contribution in [3.8, 4) is 22.9 Å². The van der Waals surface area contributed by atoms with Crippen molar-refractivity contribution in [2.45, 2.75) is 18.9 Å². The number of carbonyl (C=O) groups excluding carboxylic acids is 1. The molecule has 4 heterocycles. The number of piperazine rings is 1. The lowest BCUT2D eigenvalue weighted by molar-refractivity contribution is -0.122. The fourth-order valence-corrected chi connectivity index (χ4v) is 5.57. The van der Waals surface area contributed by atoms with Crippen molar-refractivity contribution >= 4 is 22.6 Å². The van der Waals surface area contributed by atoms with Crippen LogP contribution in [-0.4, -0.2) is 99.6 Å². The predicted molar refractivity (Wildman–Crippen MR) is 155 cm³/mol. The van der Waals surface area contributed by atoms with Gasteiger partial charge in [-0.3, -0.25) is 14.6 Å². The van der Waals surface area contributed by atoms with Crippen LogP contribution in [0.5, 0.6) is 11.5 Å². The Morgan fingerprint density at radius 1 is 0.925 bits per heavy atom. The highest BCUT2D eigenvalue weighted by Crippen LogP contribution is 2.30. The van der Waals surface area contributed by atoms with Crippen molar-refractivity contribution in [1.29, 1.82) is 0 Å². The molecule has 0 aliphatic carbocycles. The second-order valence-corrected chi connectivity index (χ2v) is 10.8. The van der Waals surface area contributed by atoms with E-state index in [1.165, 1.54) is 0 Å². The highest BCUT2D eigenvalue weighted by atomic mass is 16.5. The van der Waals surface area contributed by atoms with Crippen molar-refractivity contribution in [1.82, 2.24) is 34.4 Å². The highest BCUT2D eigenvalue weighted by molar-refractivity contribution is 5.87. The van der Waals surface area contributed by atoms with Crippen LogP contribution in [0.15, 0.2) is 60.8 Å². The molecule has 4 aromatic rings. The standard InChI is InChI=1S/C30H36N8O2/c1-35-14-16-36(17-15-35)20-24(39)21-37-13-5-6-23(19-37)38-30-27(18-32-38)28(31)33-29(34-30)22-9-11-26(12-10-22)40-25-7-3-2-4-8-25/h2-4,7-12,18,23H,5-6,13-17,19-21H2,1H3,(H2,31,33,34)/t23-/m1/s1. The van der Waals surface area contributed by atoms with E-state index in [0.29, 0.717) is 24.7 Å². The molecule has 208 valence electrons. The lowest BCUT2D eigenvalue weighted by Crippen LogP contribution is -2.48. The predicted octanol–water partition coefficient (Wildman–Crippen LogP) is 3.32. The number of aromatic nitrogens is 4. The first-order chi connectivity index (χ1) is 19.5. The quantitative estimate of drug-likeness (QED) is 0.360. The number of ketones is 1. The topological polar surface area (TPSA) is 106 Å². The van der Waals surface area contributed by atoms with Gasteiger partial charge in [0.1, 0.15) is 17.3 Å². The van der Waals surface area contributed by atoms with Gasteiger partial charge in [-0.05, 0) is 62.8 Å². The average Bonchev–Trinajstić information content (AvgIpc) is 3.40. The van der Waals surface area contributed by atoms with Gasteiger partial charge in [-0.25, -0.2) is 14.6 Å². The zero-order valence-electron chi connectivity index (χ0n) is 22.9. The number of likely N-dealkylation sites (N-methyl/N-ethyl adjacent to an activating group) is 1. The third-order valence-corrected chi connectivity index (χ3v) is 7.80. The maximum Gasteiger partial charge on any atom is 0.164 e. The summed E-state index contributed by atoms with van der Waals surface area (Å²) in [6.45, 7) is 6.63. The molecule has 2 aromatic carbocycles. The van der Waals surface area contributed by atoms with Gasteiger partial charge < -0.3 is 15.4 Å². The highest BCUT2D eigenvalue weighted by Gasteiger charge is 2.27. The lowest BCUT2D eigenvalue weighted by Gasteiger charge is -2.34. The van der Waals surface area contributed by atoms with Crippen LogP contribution in [0.3, 0.4) is 0 Å². The molecule has 0 saturated carbocycles. The normalized spacial score (nSPS) is 19.2. The average molecular weight is 541 g/mol. The molecule has 2 fully saturated rings. The minimum atomic E-state index is 0.117. The van der Waals surface area contributed by atoms with Crippen LogP contribution in [0.1, 0.15) is 18.9 Å². The van der Waals surface area contributed by atoms with E-state index in [9.17, 15) is 4.79 Å². The van der Waals surface area contributed by atoms with Crippen molar-refractivity contribution in [3.63, 3.8) is 0 Å². The van der Waals surface area contributed by atoms with E-state index in [2.05, 4.69) is 31.8 Å². The summed E-state index contributed by atoms with van der Waals surface area (Å²) < 4.78 is 7.89. The molecular formula is C30H36N8O2. The molecule has 2 saturated heterocycles. The Hall–Kier alpha value is -3.86. The molecule has 10 heteroatoms. The van der Waals surface area contributed by atoms with E-state index in [4.69, 9.17) is 15.5 Å². The molecule has 2 aliphatic heterocycles. The van der Waals surface area contributed by atoms with Gasteiger partial charge in [0, 0.05) is 38.3 Å². The monoisotopic (exact) mass is 540 g/mol. The Bertz CT molecular complexity index is 1450. The van der Waals surface area contributed by atoms with E-state index in [1.807, 2.05) is 59.3 Å². The summed E-state index contributed by atoms with van der Waals surface area (Å²) in [6.07, 6.45) is 3.73. The third kappa shape index (κ3) is 5.99. The molecule has 0 radical (unpaired) electrons. The van der Waals surface area contributed by atoms with Crippen molar-refractivity contribution < 1.29 is 9.53 Å². The third-order valence-electron chi connectivity index (χ3n) is 7.80. The van der Waals surface area contributed by atoms with E-state index in [1.54, 1.807) is 6.20 Å². The number of nitrogens with two attached hydrogens (primary N) is 1. The first-order valence-corrected chi connectivity index (χ1v) is 14.0. The zero-order chi connectivity index (χ0) is 27.5. The van der Waals surface area contributed by atoms with Crippen LogP contribution >= 0.6 is 0 Å². The Labute approximate surface area is 234 Å². The number of fused-ring (bicyclic) bond motifs is 1. The van der Waals surface area contributed by atoms with Crippen LogP contribution in [0, 0.1) is 0 Å². The number of hydrogen-bond acceptors (Lipinski definition) is 9. The molecule has 6 rings (SSSR count). The number of ether oxygens (including phenoxy) is 1. The number of piperidine rings is 1. The number of hydrogen-bond donors (Lipinski definition) is 1. The molecule has 2 N–H and O–H groups in total. The molecule has 2 aromatic heterocycles. The fraction of sp³-hybridized carbons (Fsp3) is 0.400. The number of carbonyl (C=O) groups is 1. The van der Waals surface area contributed by atoms with Gasteiger partial charge in [-0.2, -0.15) is 5.10 Å². The summed E-state index contributed by atoms with van der Waals surface area (Å²) in [4.78, 5) is 29.2. The van der Waals surface area contributed by atoms with Gasteiger partial charge in [0.2, 0.25) is 0 Å². The van der Waals surface area contributed by atoms with E-state index in [-0.39, 0.29) is 11.8 Å².